The van der Waals surface area contributed by atoms with Gasteiger partial charge in [-0.05, 0) is 6.07 Å². The number of amides is 2. The van der Waals surface area contributed by atoms with Crippen LogP contribution in [0.25, 0.3) is 0 Å². The third kappa shape index (κ3) is 2.50. The van der Waals surface area contributed by atoms with Crippen molar-refractivity contribution in [3.63, 3.8) is 0 Å². The summed E-state index contributed by atoms with van der Waals surface area (Å²) in [5.41, 5.74) is 3.56. The Morgan fingerprint density at radius 1 is 1.24 bits per heavy atom. The normalized spacial score (nSPS) is 17.8. The van der Waals surface area contributed by atoms with Crippen molar-refractivity contribution in [1.29, 1.82) is 0 Å². The number of carbonyl (C=O) groups is 2. The van der Waals surface area contributed by atoms with Crippen LogP contribution in [0.1, 0.15) is 6.42 Å². The maximum atomic E-state index is 11.9. The third-order valence-electron chi connectivity index (χ3n) is 3.18. The van der Waals surface area contributed by atoms with E-state index in [-0.39, 0.29) is 13.0 Å². The van der Waals surface area contributed by atoms with Gasteiger partial charge in [-0.15, -0.1) is 0 Å². The van der Waals surface area contributed by atoms with Crippen molar-refractivity contribution in [2.45, 2.75) is 6.42 Å². The SMILES string of the molecule is NC(=O)C1CC(=O)N(c2c([N+](=O)[O-])cccc2[N+](=O)[O-])C1. The zero-order valence-corrected chi connectivity index (χ0v) is 10.6. The second-order valence-corrected chi connectivity index (χ2v) is 4.47. The Balaban J connectivity index is 2.57. The summed E-state index contributed by atoms with van der Waals surface area (Å²) in [4.78, 5) is 44.4. The van der Waals surface area contributed by atoms with Crippen molar-refractivity contribution in [3.8, 4) is 0 Å². The number of nitro groups is 2. The summed E-state index contributed by atoms with van der Waals surface area (Å²) in [6.07, 6.45) is -0.224. The maximum absolute atomic E-state index is 11.9. The Morgan fingerprint density at radius 3 is 2.14 bits per heavy atom. The van der Waals surface area contributed by atoms with Crippen molar-refractivity contribution >= 4 is 28.9 Å². The molecule has 0 saturated carbocycles. The number of nitrogens with two attached hydrogens (primary N) is 1. The van der Waals surface area contributed by atoms with Gasteiger partial charge < -0.3 is 5.73 Å². The molecule has 1 atom stereocenters. The molecule has 0 aromatic heterocycles. The molecule has 21 heavy (non-hydrogen) atoms. The van der Waals surface area contributed by atoms with Gasteiger partial charge in [0.2, 0.25) is 17.5 Å². The summed E-state index contributed by atoms with van der Waals surface area (Å²) in [5, 5.41) is 22.1. The van der Waals surface area contributed by atoms with Crippen LogP contribution in [0.4, 0.5) is 17.1 Å². The highest BCUT2D eigenvalue weighted by Crippen LogP contribution is 2.40. The Labute approximate surface area is 117 Å². The fourth-order valence-corrected chi connectivity index (χ4v) is 2.20. The number of hydrogen-bond donors (Lipinski definition) is 1. The average molecular weight is 294 g/mol. The molecule has 0 aliphatic carbocycles. The van der Waals surface area contributed by atoms with Crippen molar-refractivity contribution < 1.29 is 19.4 Å². The first-order valence-electron chi connectivity index (χ1n) is 5.84. The molecule has 1 unspecified atom stereocenters. The Morgan fingerprint density at radius 2 is 1.76 bits per heavy atom. The van der Waals surface area contributed by atoms with Crippen LogP contribution in [-0.2, 0) is 9.59 Å². The zero-order chi connectivity index (χ0) is 15.7. The van der Waals surface area contributed by atoms with Gasteiger partial charge in [0.1, 0.15) is 0 Å². The van der Waals surface area contributed by atoms with Crippen LogP contribution in [0, 0.1) is 26.1 Å². The van der Waals surface area contributed by atoms with Gasteiger partial charge in [-0.25, -0.2) is 0 Å². The molecule has 110 valence electrons. The number of primary amides is 1. The third-order valence-corrected chi connectivity index (χ3v) is 3.18. The van der Waals surface area contributed by atoms with Gasteiger partial charge in [0, 0.05) is 25.1 Å². The first kappa shape index (κ1) is 14.4. The van der Waals surface area contributed by atoms with E-state index < -0.39 is 44.6 Å². The van der Waals surface area contributed by atoms with Crippen LogP contribution in [0.2, 0.25) is 0 Å². The number of nitrogens with zero attached hydrogens (tertiary/aromatic N) is 3. The quantitative estimate of drug-likeness (QED) is 0.624. The van der Waals surface area contributed by atoms with Gasteiger partial charge in [-0.2, -0.15) is 0 Å². The van der Waals surface area contributed by atoms with E-state index in [2.05, 4.69) is 0 Å². The molecule has 1 aliphatic heterocycles. The van der Waals surface area contributed by atoms with E-state index in [1.54, 1.807) is 0 Å². The minimum Gasteiger partial charge on any atom is -0.369 e. The first-order chi connectivity index (χ1) is 9.82. The fraction of sp³-hybridized carbons (Fsp3) is 0.273. The van der Waals surface area contributed by atoms with Crippen LogP contribution in [0.5, 0.6) is 0 Å². The van der Waals surface area contributed by atoms with Gasteiger partial charge in [0.15, 0.2) is 0 Å². The molecule has 0 radical (unpaired) electrons. The molecule has 1 aromatic carbocycles. The summed E-state index contributed by atoms with van der Waals surface area (Å²) in [7, 11) is 0. The van der Waals surface area contributed by atoms with Crippen molar-refractivity contribution in [1.82, 2.24) is 0 Å². The molecule has 1 aromatic rings. The van der Waals surface area contributed by atoms with Gasteiger partial charge in [-0.3, -0.25) is 34.7 Å². The molecule has 0 bridgehead atoms. The van der Waals surface area contributed by atoms with Gasteiger partial charge in [0.25, 0.3) is 11.4 Å². The Kier molecular flexibility index (Phi) is 3.52. The van der Waals surface area contributed by atoms with Crippen LogP contribution < -0.4 is 10.6 Å². The molecular weight excluding hydrogens is 284 g/mol. The van der Waals surface area contributed by atoms with E-state index in [9.17, 15) is 29.8 Å². The molecule has 2 rings (SSSR count). The lowest BCUT2D eigenvalue weighted by atomic mass is 10.1. The Bertz CT molecular complexity index is 626. The average Bonchev–Trinajstić information content (AvgIpc) is 2.79. The van der Waals surface area contributed by atoms with Crippen molar-refractivity contribution in [2.24, 2.45) is 11.7 Å². The number of nitro benzene ring substituents is 2. The van der Waals surface area contributed by atoms with Gasteiger partial charge in [-0.1, -0.05) is 0 Å². The van der Waals surface area contributed by atoms with E-state index in [4.69, 9.17) is 5.73 Å². The van der Waals surface area contributed by atoms with E-state index in [0.717, 1.165) is 23.1 Å². The van der Waals surface area contributed by atoms with E-state index in [1.807, 2.05) is 0 Å². The summed E-state index contributed by atoms with van der Waals surface area (Å²) >= 11 is 0. The molecule has 2 amide bonds. The molecule has 1 fully saturated rings. The summed E-state index contributed by atoms with van der Waals surface area (Å²) in [6, 6.07) is 3.28. The molecule has 10 heteroatoms. The first-order valence-corrected chi connectivity index (χ1v) is 5.84. The second kappa shape index (κ2) is 5.15. The van der Waals surface area contributed by atoms with E-state index in [1.165, 1.54) is 0 Å². The fourth-order valence-electron chi connectivity index (χ4n) is 2.20. The Hall–Kier alpha value is -3.04. The topological polar surface area (TPSA) is 150 Å². The highest BCUT2D eigenvalue weighted by atomic mass is 16.6. The predicted molar refractivity (Wildman–Crippen MR) is 69.4 cm³/mol. The highest BCUT2D eigenvalue weighted by Gasteiger charge is 2.40. The molecule has 10 nitrogen and oxygen atoms in total. The summed E-state index contributed by atoms with van der Waals surface area (Å²) in [6.45, 7) is -0.208. The molecule has 2 N–H and O–H groups in total. The van der Waals surface area contributed by atoms with Crippen LogP contribution in [0.3, 0.4) is 0 Å². The van der Waals surface area contributed by atoms with Gasteiger partial charge >= 0.3 is 0 Å². The minimum atomic E-state index is -0.822. The number of anilines is 1. The van der Waals surface area contributed by atoms with Crippen LogP contribution >= 0.6 is 0 Å². The largest absolute Gasteiger partial charge is 0.369 e. The number of para-hydroxylation sites is 1. The molecule has 1 aliphatic rings. The predicted octanol–water partition coefficient (Wildman–Crippen LogP) is 0.341. The maximum Gasteiger partial charge on any atom is 0.300 e. The van der Waals surface area contributed by atoms with E-state index in [0.29, 0.717) is 0 Å². The van der Waals surface area contributed by atoms with Crippen molar-refractivity contribution in [2.75, 3.05) is 11.4 Å². The number of hydrogen-bond acceptors (Lipinski definition) is 6. The standard InChI is InChI=1S/C11H10N4O6/c12-11(17)6-4-9(16)13(5-6)10-7(14(18)19)2-1-3-8(10)15(20)21/h1-3,6H,4-5H2,(H2,12,17). The zero-order valence-electron chi connectivity index (χ0n) is 10.6. The lowest BCUT2D eigenvalue weighted by Gasteiger charge is -2.16. The summed E-state index contributed by atoms with van der Waals surface area (Å²) < 4.78 is 0. The molecule has 1 heterocycles. The second-order valence-electron chi connectivity index (χ2n) is 4.47. The molecule has 1 saturated heterocycles. The molecule has 0 spiro atoms. The van der Waals surface area contributed by atoms with E-state index >= 15 is 0 Å². The number of carbonyl (C=O) groups excluding carboxylic acids is 2. The van der Waals surface area contributed by atoms with Crippen molar-refractivity contribution in [3.05, 3.63) is 38.4 Å². The summed E-state index contributed by atoms with van der Waals surface area (Å²) in [5.74, 6) is -2.17. The van der Waals surface area contributed by atoms with Crippen LogP contribution in [0.15, 0.2) is 18.2 Å². The van der Waals surface area contributed by atoms with Gasteiger partial charge in [0.05, 0.1) is 15.8 Å². The monoisotopic (exact) mass is 294 g/mol. The minimum absolute atomic E-state index is 0.208. The highest BCUT2D eigenvalue weighted by molar-refractivity contribution is 6.03. The lowest BCUT2D eigenvalue weighted by Crippen LogP contribution is -2.29. The number of rotatable bonds is 4. The number of benzene rings is 1. The van der Waals surface area contributed by atoms with Crippen LogP contribution in [-0.4, -0.2) is 28.2 Å². The smallest absolute Gasteiger partial charge is 0.300 e. The molecular formula is C11H10N4O6. The lowest BCUT2D eigenvalue weighted by molar-refractivity contribution is -0.392.